The van der Waals surface area contributed by atoms with E-state index in [0.29, 0.717) is 30.3 Å². The van der Waals surface area contributed by atoms with Crippen molar-refractivity contribution in [3.63, 3.8) is 0 Å². The maximum absolute atomic E-state index is 14.0. The quantitative estimate of drug-likeness (QED) is 0.362. The number of hydrogen-bond acceptors (Lipinski definition) is 5. The van der Waals surface area contributed by atoms with Crippen LogP contribution in [0.3, 0.4) is 0 Å². The molecule has 0 radical (unpaired) electrons. The number of fused-ring (bicyclic) bond motifs is 1. The lowest BCUT2D eigenvalue weighted by Crippen LogP contribution is -2.56. The number of carbonyl (C=O) groups excluding carboxylic acids is 3. The molecule has 2 saturated heterocycles. The van der Waals surface area contributed by atoms with E-state index in [9.17, 15) is 14.4 Å². The van der Waals surface area contributed by atoms with Crippen LogP contribution >= 0.6 is 11.6 Å². The van der Waals surface area contributed by atoms with Crippen LogP contribution in [0.2, 0.25) is 5.02 Å². The smallest absolute Gasteiger partial charge is 0.246 e. The number of ether oxygens (including phenoxy) is 2. The second-order valence-electron chi connectivity index (χ2n) is 11.3. The highest BCUT2D eigenvalue weighted by Crippen LogP contribution is 2.55. The van der Waals surface area contributed by atoms with Gasteiger partial charge in [-0.25, -0.2) is 0 Å². The fourth-order valence-electron chi connectivity index (χ4n) is 6.49. The molecule has 1 aliphatic carbocycles. The molecule has 3 amide bonds. The van der Waals surface area contributed by atoms with Gasteiger partial charge in [-0.15, -0.1) is 0 Å². The van der Waals surface area contributed by atoms with Gasteiger partial charge in [-0.3, -0.25) is 14.4 Å². The molecule has 0 unspecified atom stereocenters. The number of halogens is 1. The monoisotopic (exact) mass is 543 g/mol. The SMILES string of the molecule is Cc1ccc(NC(=O)[C@@H]2[C@H]3C=C[C@]4(O3)[C@H](C(=O)NC3CCCCC3)N(CCCOC(C)C)C(=O)[C@@H]24)cc1Cl. The second-order valence-corrected chi connectivity index (χ2v) is 11.7. The maximum Gasteiger partial charge on any atom is 0.246 e. The standard InChI is InChI=1S/C29H38ClN3O5/c1-17(2)37-15-7-14-33-25(27(35)31-19-8-5-4-6-9-19)29-13-12-22(38-29)23(24(29)28(33)36)26(34)32-20-11-10-18(3)21(30)16-20/h10-13,16-17,19,22-25H,4-9,14-15H2,1-3H3,(H,31,35)(H,32,34)/t22-,23-,24-,25+,29-/m1/s1. The molecule has 0 aromatic heterocycles. The van der Waals surface area contributed by atoms with Gasteiger partial charge in [-0.1, -0.05) is 49.1 Å². The van der Waals surface area contributed by atoms with Gasteiger partial charge in [0.2, 0.25) is 17.7 Å². The summed E-state index contributed by atoms with van der Waals surface area (Å²) in [6.45, 7) is 6.66. The lowest BCUT2D eigenvalue weighted by Gasteiger charge is -2.34. The Bertz CT molecular complexity index is 1120. The van der Waals surface area contributed by atoms with Crippen LogP contribution in [0.4, 0.5) is 5.69 Å². The third-order valence-electron chi connectivity index (χ3n) is 8.31. The Kier molecular flexibility index (Phi) is 7.85. The van der Waals surface area contributed by atoms with Gasteiger partial charge in [0, 0.05) is 29.9 Å². The Morgan fingerprint density at radius 2 is 1.97 bits per heavy atom. The zero-order valence-electron chi connectivity index (χ0n) is 22.4. The second kappa shape index (κ2) is 11.0. The summed E-state index contributed by atoms with van der Waals surface area (Å²) in [7, 11) is 0. The van der Waals surface area contributed by atoms with E-state index in [1.165, 1.54) is 6.42 Å². The molecule has 9 heteroatoms. The lowest BCUT2D eigenvalue weighted by molar-refractivity contribution is -0.141. The van der Waals surface area contributed by atoms with E-state index in [4.69, 9.17) is 21.1 Å². The number of rotatable bonds is 9. The van der Waals surface area contributed by atoms with E-state index in [-0.39, 0.29) is 29.9 Å². The van der Waals surface area contributed by atoms with Gasteiger partial charge in [0.1, 0.15) is 11.6 Å². The predicted molar refractivity (Wildman–Crippen MR) is 145 cm³/mol. The van der Waals surface area contributed by atoms with Crippen molar-refractivity contribution < 1.29 is 23.9 Å². The molecule has 1 aromatic rings. The van der Waals surface area contributed by atoms with Crippen LogP contribution in [-0.2, 0) is 23.9 Å². The molecule has 5 rings (SSSR count). The molecule has 5 atom stereocenters. The summed E-state index contributed by atoms with van der Waals surface area (Å²) in [4.78, 5) is 43.0. The molecule has 3 heterocycles. The molecule has 38 heavy (non-hydrogen) atoms. The largest absolute Gasteiger partial charge is 0.379 e. The maximum atomic E-state index is 14.0. The Morgan fingerprint density at radius 1 is 1.21 bits per heavy atom. The summed E-state index contributed by atoms with van der Waals surface area (Å²) < 4.78 is 12.1. The number of likely N-dealkylation sites (tertiary alicyclic amines) is 1. The van der Waals surface area contributed by atoms with Crippen molar-refractivity contribution in [2.24, 2.45) is 11.8 Å². The van der Waals surface area contributed by atoms with Crippen molar-refractivity contribution >= 4 is 35.0 Å². The summed E-state index contributed by atoms with van der Waals surface area (Å²) in [5.41, 5.74) is 0.308. The summed E-state index contributed by atoms with van der Waals surface area (Å²) in [5.74, 6) is -2.24. The normalized spacial score (nSPS) is 30.2. The first-order chi connectivity index (χ1) is 18.2. The van der Waals surface area contributed by atoms with Crippen molar-refractivity contribution in [1.82, 2.24) is 10.2 Å². The Morgan fingerprint density at radius 3 is 2.68 bits per heavy atom. The molecule has 1 spiro atoms. The highest BCUT2D eigenvalue weighted by atomic mass is 35.5. The first-order valence-electron chi connectivity index (χ1n) is 13.9. The first-order valence-corrected chi connectivity index (χ1v) is 14.3. The van der Waals surface area contributed by atoms with Gasteiger partial charge in [0.25, 0.3) is 0 Å². The number of amides is 3. The van der Waals surface area contributed by atoms with Crippen molar-refractivity contribution in [2.75, 3.05) is 18.5 Å². The van der Waals surface area contributed by atoms with Gasteiger partial charge in [-0.05, 0) is 57.7 Å². The molecule has 1 saturated carbocycles. The summed E-state index contributed by atoms with van der Waals surface area (Å²) in [5, 5.41) is 6.69. The molecule has 3 aliphatic heterocycles. The van der Waals surface area contributed by atoms with E-state index >= 15 is 0 Å². The van der Waals surface area contributed by atoms with Crippen molar-refractivity contribution in [3.05, 3.63) is 40.9 Å². The molecule has 206 valence electrons. The third-order valence-corrected chi connectivity index (χ3v) is 8.72. The molecule has 4 aliphatic rings. The summed E-state index contributed by atoms with van der Waals surface area (Å²) in [6, 6.07) is 4.60. The van der Waals surface area contributed by atoms with E-state index in [1.807, 2.05) is 39.0 Å². The molecule has 3 fully saturated rings. The topological polar surface area (TPSA) is 97.0 Å². The molecule has 1 aromatic carbocycles. The molecular formula is C29H38ClN3O5. The fraction of sp³-hybridized carbons (Fsp3) is 0.621. The van der Waals surface area contributed by atoms with Crippen LogP contribution in [0, 0.1) is 18.8 Å². The van der Waals surface area contributed by atoms with Gasteiger partial charge in [0.15, 0.2) is 0 Å². The Balaban J connectivity index is 1.39. The third kappa shape index (κ3) is 4.98. The highest BCUT2D eigenvalue weighted by molar-refractivity contribution is 6.31. The lowest BCUT2D eigenvalue weighted by atomic mass is 9.74. The first kappa shape index (κ1) is 27.2. The summed E-state index contributed by atoms with van der Waals surface area (Å²) in [6.07, 6.45) is 9.02. The van der Waals surface area contributed by atoms with Crippen LogP contribution in [0.15, 0.2) is 30.4 Å². The van der Waals surface area contributed by atoms with Gasteiger partial charge in [0.05, 0.1) is 24.0 Å². The number of nitrogens with zero attached hydrogens (tertiary/aromatic N) is 1. The fourth-order valence-corrected chi connectivity index (χ4v) is 6.67. The van der Waals surface area contributed by atoms with Gasteiger partial charge < -0.3 is 25.0 Å². The minimum atomic E-state index is -1.16. The van der Waals surface area contributed by atoms with E-state index < -0.39 is 29.6 Å². The predicted octanol–water partition coefficient (Wildman–Crippen LogP) is 4.00. The zero-order valence-corrected chi connectivity index (χ0v) is 23.1. The number of anilines is 1. The van der Waals surface area contributed by atoms with E-state index in [0.717, 1.165) is 31.2 Å². The van der Waals surface area contributed by atoms with Crippen molar-refractivity contribution in [1.29, 1.82) is 0 Å². The van der Waals surface area contributed by atoms with Crippen LogP contribution in [-0.4, -0.2) is 65.7 Å². The Labute approximate surface area is 229 Å². The van der Waals surface area contributed by atoms with E-state index in [1.54, 1.807) is 17.0 Å². The minimum Gasteiger partial charge on any atom is -0.379 e. The molecule has 8 nitrogen and oxygen atoms in total. The summed E-state index contributed by atoms with van der Waals surface area (Å²) >= 11 is 6.26. The van der Waals surface area contributed by atoms with Crippen molar-refractivity contribution in [2.45, 2.75) is 89.2 Å². The Hall–Kier alpha value is -2.42. The van der Waals surface area contributed by atoms with Crippen LogP contribution in [0.1, 0.15) is 57.9 Å². The van der Waals surface area contributed by atoms with E-state index in [2.05, 4.69) is 10.6 Å². The number of hydrogen-bond donors (Lipinski definition) is 2. The minimum absolute atomic E-state index is 0.0814. The average Bonchev–Trinajstić information content (AvgIpc) is 3.52. The van der Waals surface area contributed by atoms with Gasteiger partial charge >= 0.3 is 0 Å². The molecule has 2 bridgehead atoms. The number of aryl methyl sites for hydroxylation is 1. The van der Waals surface area contributed by atoms with Gasteiger partial charge in [-0.2, -0.15) is 0 Å². The highest BCUT2D eigenvalue weighted by Gasteiger charge is 2.72. The van der Waals surface area contributed by atoms with Crippen LogP contribution in [0.5, 0.6) is 0 Å². The number of carbonyl (C=O) groups is 3. The van der Waals surface area contributed by atoms with Crippen molar-refractivity contribution in [3.8, 4) is 0 Å². The number of benzene rings is 1. The zero-order chi connectivity index (χ0) is 27.0. The molecular weight excluding hydrogens is 506 g/mol. The van der Waals surface area contributed by atoms with Crippen LogP contribution in [0.25, 0.3) is 0 Å². The number of nitrogens with one attached hydrogen (secondary N) is 2. The molecule has 2 N–H and O–H groups in total. The average molecular weight is 544 g/mol. The van der Waals surface area contributed by atoms with Crippen LogP contribution < -0.4 is 10.6 Å².